The second-order valence-corrected chi connectivity index (χ2v) is 6.14. The second-order valence-electron chi connectivity index (χ2n) is 4.18. The first kappa shape index (κ1) is 16.1. The van der Waals surface area contributed by atoms with Gasteiger partial charge in [-0.1, -0.05) is 37.9 Å². The molecule has 0 fully saturated rings. The highest BCUT2D eigenvalue weighted by Crippen LogP contribution is 2.32. The third kappa shape index (κ3) is 4.94. The zero-order valence-corrected chi connectivity index (χ0v) is 13.5. The van der Waals surface area contributed by atoms with Gasteiger partial charge in [0, 0.05) is 15.9 Å². The third-order valence-electron chi connectivity index (χ3n) is 2.64. The third-order valence-corrected chi connectivity index (χ3v) is 4.45. The van der Waals surface area contributed by atoms with Crippen molar-refractivity contribution in [3.8, 4) is 0 Å². The molecule has 1 atom stereocenters. The van der Waals surface area contributed by atoms with E-state index >= 15 is 0 Å². The Kier molecular flexibility index (Phi) is 6.74. The molecule has 0 aliphatic carbocycles. The molecule has 0 saturated carbocycles. The van der Waals surface area contributed by atoms with Gasteiger partial charge in [-0.15, -0.1) is 0 Å². The van der Waals surface area contributed by atoms with Crippen molar-refractivity contribution in [2.45, 2.75) is 31.5 Å². The van der Waals surface area contributed by atoms with Gasteiger partial charge in [0.05, 0.1) is 0 Å². The van der Waals surface area contributed by atoms with Crippen LogP contribution in [-0.4, -0.2) is 19.6 Å². The lowest BCUT2D eigenvalue weighted by molar-refractivity contribution is 0.0167. The van der Waals surface area contributed by atoms with Crippen LogP contribution < -0.4 is 0 Å². The lowest BCUT2D eigenvalue weighted by Crippen LogP contribution is -2.07. The van der Waals surface area contributed by atoms with Crippen molar-refractivity contribution < 1.29 is 13.5 Å². The minimum absolute atomic E-state index is 0.127. The van der Waals surface area contributed by atoms with Crippen molar-refractivity contribution in [1.29, 1.82) is 0 Å². The Balaban J connectivity index is 2.56. The normalized spacial score (nSPS) is 13.1. The first-order valence-corrected chi connectivity index (χ1v) is 7.39. The van der Waals surface area contributed by atoms with Gasteiger partial charge in [-0.25, -0.2) is 8.78 Å². The van der Waals surface area contributed by atoms with Crippen LogP contribution in [0.5, 0.6) is 0 Å². The summed E-state index contributed by atoms with van der Waals surface area (Å²) in [5.41, 5.74) is 3.51. The monoisotopic (exact) mass is 384 g/mol. The Hall–Kier alpha value is -0.000000000000000111. The summed E-state index contributed by atoms with van der Waals surface area (Å²) in [7, 11) is 0. The fraction of sp³-hybridized carbons (Fsp3) is 0.538. The van der Waals surface area contributed by atoms with Gasteiger partial charge in [-0.05, 0) is 43.0 Å². The molecule has 0 spiro atoms. The fourth-order valence-corrected chi connectivity index (χ4v) is 2.79. The highest BCUT2D eigenvalue weighted by molar-refractivity contribution is 9.10. The fourth-order valence-electron chi connectivity index (χ4n) is 1.66. The van der Waals surface area contributed by atoms with E-state index < -0.39 is 13.0 Å². The van der Waals surface area contributed by atoms with Gasteiger partial charge >= 0.3 is 0 Å². The summed E-state index contributed by atoms with van der Waals surface area (Å²) in [5, 5.41) is 0. The largest absolute Gasteiger partial charge is 0.375 e. The van der Waals surface area contributed by atoms with E-state index in [1.165, 1.54) is 11.1 Å². The van der Waals surface area contributed by atoms with Gasteiger partial charge in [0.25, 0.3) is 6.43 Å². The molecular formula is C13H16Br2F2O. The van der Waals surface area contributed by atoms with Crippen molar-refractivity contribution >= 4 is 31.9 Å². The zero-order chi connectivity index (χ0) is 13.7. The van der Waals surface area contributed by atoms with Gasteiger partial charge in [0.2, 0.25) is 0 Å². The minimum Gasteiger partial charge on any atom is -0.375 e. The minimum atomic E-state index is -2.39. The molecule has 1 aromatic carbocycles. The van der Waals surface area contributed by atoms with E-state index in [9.17, 15) is 8.78 Å². The van der Waals surface area contributed by atoms with Crippen LogP contribution in [0.15, 0.2) is 16.6 Å². The summed E-state index contributed by atoms with van der Waals surface area (Å²) in [5.74, 6) is 0. The maximum atomic E-state index is 11.9. The van der Waals surface area contributed by atoms with Gasteiger partial charge in [-0.3, -0.25) is 0 Å². The highest BCUT2D eigenvalue weighted by Gasteiger charge is 2.12. The molecular weight excluding hydrogens is 370 g/mol. The van der Waals surface area contributed by atoms with E-state index in [4.69, 9.17) is 4.74 Å². The Bertz CT molecular complexity index is 397. The summed E-state index contributed by atoms with van der Waals surface area (Å²) in [6.07, 6.45) is -1.72. The van der Waals surface area contributed by atoms with Gasteiger partial charge in [-0.2, -0.15) is 0 Å². The molecule has 0 amide bonds. The molecule has 0 aliphatic rings. The van der Waals surface area contributed by atoms with E-state index in [0.29, 0.717) is 13.0 Å². The quantitative estimate of drug-likeness (QED) is 0.484. The van der Waals surface area contributed by atoms with E-state index in [0.717, 1.165) is 10.0 Å². The van der Waals surface area contributed by atoms with Crippen LogP contribution in [0.1, 0.15) is 27.9 Å². The van der Waals surface area contributed by atoms with E-state index in [1.54, 1.807) is 0 Å². The molecule has 0 aromatic heterocycles. The van der Waals surface area contributed by atoms with E-state index in [-0.39, 0.29) is 4.83 Å². The average molecular weight is 386 g/mol. The van der Waals surface area contributed by atoms with Crippen molar-refractivity contribution in [2.24, 2.45) is 0 Å². The predicted molar refractivity (Wildman–Crippen MR) is 76.7 cm³/mol. The molecule has 0 N–H and O–H groups in total. The number of benzene rings is 1. The molecule has 0 radical (unpaired) electrons. The number of ether oxygens (including phenoxy) is 1. The predicted octanol–water partition coefficient (Wildman–Crippen LogP) is 5.17. The SMILES string of the molecule is Cc1cc(C(Br)CCOCC(F)F)c(C)cc1Br. The first-order valence-electron chi connectivity index (χ1n) is 5.68. The van der Waals surface area contributed by atoms with E-state index in [2.05, 4.69) is 44.0 Å². The molecule has 102 valence electrons. The summed E-state index contributed by atoms with van der Waals surface area (Å²) in [6.45, 7) is 3.90. The van der Waals surface area contributed by atoms with Crippen LogP contribution in [0.3, 0.4) is 0 Å². The number of alkyl halides is 3. The van der Waals surface area contributed by atoms with Crippen molar-refractivity contribution in [2.75, 3.05) is 13.2 Å². The van der Waals surface area contributed by atoms with Crippen LogP contribution in [0.2, 0.25) is 0 Å². The van der Waals surface area contributed by atoms with E-state index in [1.807, 2.05) is 13.8 Å². The number of hydrogen-bond acceptors (Lipinski definition) is 1. The molecule has 1 nitrogen and oxygen atoms in total. The second kappa shape index (κ2) is 7.56. The topological polar surface area (TPSA) is 9.23 Å². The summed E-state index contributed by atoms with van der Waals surface area (Å²) in [4.78, 5) is 0.127. The molecule has 18 heavy (non-hydrogen) atoms. The first-order chi connectivity index (χ1) is 8.41. The maximum Gasteiger partial charge on any atom is 0.261 e. The van der Waals surface area contributed by atoms with Crippen LogP contribution in [0.4, 0.5) is 8.78 Å². The summed E-state index contributed by atoms with van der Waals surface area (Å²) >= 11 is 7.07. The molecule has 5 heteroatoms. The molecule has 0 bridgehead atoms. The molecule has 0 saturated heterocycles. The zero-order valence-electron chi connectivity index (χ0n) is 10.4. The van der Waals surface area contributed by atoms with Crippen molar-refractivity contribution in [3.05, 3.63) is 33.3 Å². The number of rotatable bonds is 6. The number of aryl methyl sites for hydroxylation is 2. The number of hydrogen-bond donors (Lipinski definition) is 0. The van der Waals surface area contributed by atoms with Crippen molar-refractivity contribution in [1.82, 2.24) is 0 Å². The van der Waals surface area contributed by atoms with Crippen molar-refractivity contribution in [3.63, 3.8) is 0 Å². The molecule has 1 aromatic rings. The molecule has 0 aliphatic heterocycles. The van der Waals surface area contributed by atoms with Crippen LogP contribution in [0, 0.1) is 13.8 Å². The smallest absolute Gasteiger partial charge is 0.261 e. The lowest BCUT2D eigenvalue weighted by atomic mass is 10.0. The standard InChI is InChI=1S/C13H16Br2F2O/c1-8-6-12(15)9(2)5-10(8)11(14)3-4-18-7-13(16)17/h5-6,11,13H,3-4,7H2,1-2H3. The molecule has 0 heterocycles. The Morgan fingerprint density at radius 2 is 1.89 bits per heavy atom. The van der Waals surface area contributed by atoms with Crippen LogP contribution in [0.25, 0.3) is 0 Å². The highest BCUT2D eigenvalue weighted by atomic mass is 79.9. The Morgan fingerprint density at radius 3 is 2.50 bits per heavy atom. The Morgan fingerprint density at radius 1 is 1.22 bits per heavy atom. The van der Waals surface area contributed by atoms with Gasteiger partial charge in [0.15, 0.2) is 0 Å². The van der Waals surface area contributed by atoms with Gasteiger partial charge in [0.1, 0.15) is 6.61 Å². The number of halogens is 4. The van der Waals surface area contributed by atoms with Gasteiger partial charge < -0.3 is 4.74 Å². The molecule has 1 unspecified atom stereocenters. The maximum absolute atomic E-state index is 11.9. The molecule has 1 rings (SSSR count). The Labute approximate surface area is 123 Å². The lowest BCUT2D eigenvalue weighted by Gasteiger charge is -2.15. The van der Waals surface area contributed by atoms with Crippen LogP contribution >= 0.6 is 31.9 Å². The van der Waals surface area contributed by atoms with Crippen LogP contribution in [-0.2, 0) is 4.74 Å². The average Bonchev–Trinajstić information content (AvgIpc) is 2.28. The summed E-state index contributed by atoms with van der Waals surface area (Å²) < 4.78 is 29.8. The summed E-state index contributed by atoms with van der Waals surface area (Å²) in [6, 6.07) is 4.17.